The molecule has 0 aliphatic carbocycles. The summed E-state index contributed by atoms with van der Waals surface area (Å²) in [6, 6.07) is 77.9. The summed E-state index contributed by atoms with van der Waals surface area (Å²) in [6.45, 7) is 27.2. The maximum Gasteiger partial charge on any atom is 1.00 e. The van der Waals surface area contributed by atoms with Crippen molar-refractivity contribution in [1.29, 1.82) is 0 Å². The molecule has 4 fully saturated rings. The quantitative estimate of drug-likeness (QED) is 0.0190. The molecule has 9 heterocycles. The van der Waals surface area contributed by atoms with Crippen LogP contribution >= 0.6 is 23.2 Å². The third kappa shape index (κ3) is 51.7. The van der Waals surface area contributed by atoms with Gasteiger partial charge in [-0.2, -0.15) is 0 Å². The van der Waals surface area contributed by atoms with Gasteiger partial charge in [0.15, 0.2) is 0 Å². The Kier molecular flexibility index (Phi) is 60.3. The van der Waals surface area contributed by atoms with Gasteiger partial charge < -0.3 is 80.7 Å². The topological polar surface area (TPSA) is 324 Å². The molecule has 5 aromatic carbocycles. The molecule has 7 N–H and O–H groups in total. The van der Waals surface area contributed by atoms with Crippen molar-refractivity contribution in [3.63, 3.8) is 0 Å². The van der Waals surface area contributed by atoms with Gasteiger partial charge >= 0.3 is 59.4 Å². The fourth-order valence-electron chi connectivity index (χ4n) is 14.6. The zero-order valence-corrected chi connectivity index (χ0v) is 83.2. The minimum absolute atomic E-state index is 0. The Morgan fingerprint density at radius 1 is 0.248 bits per heavy atom. The molecule has 137 heavy (non-hydrogen) atoms. The molecule has 14 rings (SSSR count). The van der Waals surface area contributed by atoms with E-state index in [1.54, 1.807) is 38.2 Å². The number of benzene rings is 5. The Hall–Kier alpha value is -10.5. The number of aromatic nitrogens is 5. The summed E-state index contributed by atoms with van der Waals surface area (Å²) in [6.07, 6.45) is 14.5. The van der Waals surface area contributed by atoms with Gasteiger partial charge in [-0.1, -0.05) is 188 Å². The second-order valence-corrected chi connectivity index (χ2v) is 33.2. The first-order chi connectivity index (χ1) is 66.5. The minimum Gasteiger partial charge on any atom is -0.870 e. The van der Waals surface area contributed by atoms with E-state index in [0.717, 1.165) is 167 Å². The summed E-state index contributed by atoms with van der Waals surface area (Å²) < 4.78 is 27.1. The average Bonchev–Trinajstić information content (AvgIpc) is 0.866. The monoisotopic (exact) mass is 1920 g/mol. The van der Waals surface area contributed by atoms with Crippen LogP contribution in [-0.2, 0) is 88.8 Å². The molecule has 0 unspecified atom stereocenters. The van der Waals surface area contributed by atoms with E-state index >= 15 is 0 Å². The molecule has 0 bridgehead atoms. The van der Waals surface area contributed by atoms with E-state index in [4.69, 9.17) is 42.1 Å². The number of amides is 4. The molecule has 0 spiro atoms. The molecule has 30 nitrogen and oxygen atoms in total. The number of hydrogen-bond acceptors (Lipinski definition) is 26. The molecule has 4 saturated heterocycles. The Bertz CT molecular complexity index is 4400. The zero-order chi connectivity index (χ0) is 94.5. The van der Waals surface area contributed by atoms with Gasteiger partial charge in [0.05, 0.1) is 34.3 Å². The summed E-state index contributed by atoms with van der Waals surface area (Å²) in [7, 11) is 0. The van der Waals surface area contributed by atoms with Gasteiger partial charge in [-0.25, -0.2) is 24.0 Å². The van der Waals surface area contributed by atoms with E-state index in [1.165, 1.54) is 32.4 Å². The molecule has 732 valence electrons. The van der Waals surface area contributed by atoms with Crippen LogP contribution in [0.25, 0.3) is 0 Å². The first kappa shape index (κ1) is 114. The Morgan fingerprint density at radius 2 is 0.474 bits per heavy atom. The van der Waals surface area contributed by atoms with Crippen molar-refractivity contribution in [2.75, 3.05) is 183 Å². The summed E-state index contributed by atoms with van der Waals surface area (Å²) in [5.41, 5.74) is 9.06. The van der Waals surface area contributed by atoms with Gasteiger partial charge in [0.2, 0.25) is 0 Å². The van der Waals surface area contributed by atoms with Crippen molar-refractivity contribution < 1.29 is 82.7 Å². The van der Waals surface area contributed by atoms with Crippen molar-refractivity contribution >= 4 is 53.0 Å². The van der Waals surface area contributed by atoms with E-state index < -0.39 is 5.43 Å². The summed E-state index contributed by atoms with van der Waals surface area (Å²) in [4.78, 5) is 100. The van der Waals surface area contributed by atoms with E-state index in [2.05, 4.69) is 105 Å². The summed E-state index contributed by atoms with van der Waals surface area (Å²) in [5, 5.41) is 20.7. The third-order valence-corrected chi connectivity index (χ3v) is 22.5. The first-order valence-electron chi connectivity index (χ1n) is 47.3. The normalized spacial score (nSPS) is 15.8. The maximum absolute atomic E-state index is 13.4. The van der Waals surface area contributed by atoms with Crippen LogP contribution in [0.3, 0.4) is 0 Å². The van der Waals surface area contributed by atoms with Crippen molar-refractivity contribution in [1.82, 2.24) is 96.0 Å². The van der Waals surface area contributed by atoms with Crippen LogP contribution < -0.4 is 61.5 Å². The Balaban J connectivity index is 0.000000245. The Labute approximate surface area is 842 Å². The predicted molar refractivity (Wildman–Crippen MR) is 534 cm³/mol. The van der Waals surface area contributed by atoms with E-state index in [9.17, 15) is 24.0 Å². The van der Waals surface area contributed by atoms with E-state index in [0.29, 0.717) is 111 Å². The first-order valence-corrected chi connectivity index (χ1v) is 48.3. The number of pyridine rings is 5. The van der Waals surface area contributed by atoms with Gasteiger partial charge in [-0.3, -0.25) is 44.5 Å². The number of carbonyl (C=O) groups is 5. The fraction of sp³-hybridized carbons (Fsp3) is 0.423. The number of halogens is 2. The standard InChI is InChI=1S/C36H42N6O4.C25H33N3O4.C20H30N6.C9H21N3.C8H7ClO2.C6H6ClN.Na.H2O/c43-35(45-29-31-11-3-1-4-12-31)41-23-19-39(27-33-15-7-9-17-37-33)21-25-42(36(44)46-30-32-13-5-2-6-14-32)26-22-40(20-24-41)28-34-16-8-10-18-38-34;29-24(31-20-22-10-4-1-5-11-22)27-16-8-3-9-17-28(19-15-26-14-18-27)25(30)32-21-23-12-6-2-7-13-23;1-3-7-23-19(5-1)17-25-13-9-21-11-15-26(16-12-22-10-14-25)18-20-6-2-4-8-24-20;1-2-4-10-6-8-12-9-7-11-5-3-1;9-8(10)11-6-7-4-2-1-3-5-7;7-5-6-3-1-2-4-8-6;;/h1-18H,19-30H2;1-2,4-7,10-13,26H,3,8-9,14-21H2;1-8,21-22H,9-18H2;10-12H,1-9H2;1-5H,6H2;1-4H,5H2;;1H2/q;;;;;;+1;/p-1. The van der Waals surface area contributed by atoms with Crippen LogP contribution in [0.4, 0.5) is 24.0 Å². The van der Waals surface area contributed by atoms with Gasteiger partial charge in [0, 0.05) is 239 Å². The SMILES string of the molecule is C1CCNCCNCCNCC1.ClCc1ccccn1.O=C(Cl)OCc1ccccc1.O=C(OCc1ccccc1)N1CCCCCN(C(=O)OCc2ccccc2)CCNCC1.O=C(OCc1ccccc1)N1CCN(Cc2ccccn2)CCN(C(=O)OCc2ccccc2)CCN(Cc2ccccn2)CC1.[Na+].[OH-].c1ccc(CN2CCNCCN(Cc3ccccn3)CCNCC2)nc1. The second-order valence-electron chi connectivity index (χ2n) is 32.6. The molecule has 5 aromatic heterocycles. The number of hydrogen-bond donors (Lipinski definition) is 6. The van der Waals surface area contributed by atoms with Crippen LogP contribution in [0.2, 0.25) is 0 Å². The molecule has 33 heteroatoms. The number of rotatable bonds is 19. The number of alkyl halides is 1. The molecule has 0 atom stereocenters. The van der Waals surface area contributed by atoms with E-state index in [-0.39, 0.29) is 92.4 Å². The molecule has 10 aromatic rings. The molecule has 4 aliphatic rings. The van der Waals surface area contributed by atoms with Crippen LogP contribution in [0.1, 0.15) is 94.8 Å². The van der Waals surface area contributed by atoms with Gasteiger partial charge in [0.25, 0.3) is 0 Å². The van der Waals surface area contributed by atoms with Gasteiger partial charge in [-0.05, 0) is 134 Å². The fourth-order valence-corrected chi connectivity index (χ4v) is 14.8. The third-order valence-electron chi connectivity index (χ3n) is 22.2. The minimum atomic E-state index is -0.770. The second kappa shape index (κ2) is 72.8. The van der Waals surface area contributed by atoms with Crippen LogP contribution in [0.5, 0.6) is 0 Å². The smallest absolute Gasteiger partial charge is 0.870 e. The molecule has 4 amide bonds. The predicted octanol–water partition coefficient (Wildman–Crippen LogP) is 11.2. The summed E-state index contributed by atoms with van der Waals surface area (Å²) >= 11 is 10.4. The molecule has 0 radical (unpaired) electrons. The molecular weight excluding hydrogens is 1790 g/mol. The van der Waals surface area contributed by atoms with Crippen LogP contribution in [0.15, 0.2) is 274 Å². The van der Waals surface area contributed by atoms with E-state index in [1.807, 2.05) is 231 Å². The molecule has 4 aliphatic heterocycles. The summed E-state index contributed by atoms with van der Waals surface area (Å²) in [5.74, 6) is 0.501. The largest absolute Gasteiger partial charge is 1.00 e. The van der Waals surface area contributed by atoms with Crippen molar-refractivity contribution in [2.24, 2.45) is 0 Å². The van der Waals surface area contributed by atoms with Crippen LogP contribution in [-0.4, -0.2) is 283 Å². The van der Waals surface area contributed by atoms with Crippen LogP contribution in [0, 0.1) is 0 Å². The number of carbonyl (C=O) groups excluding carboxylic acids is 5. The van der Waals surface area contributed by atoms with Crippen molar-refractivity contribution in [2.45, 2.75) is 104 Å². The van der Waals surface area contributed by atoms with Gasteiger partial charge in [-0.15, -0.1) is 11.6 Å². The Morgan fingerprint density at radius 3 is 0.730 bits per heavy atom. The zero-order valence-electron chi connectivity index (χ0n) is 79.7. The number of ether oxygens (including phenoxy) is 5. The number of nitrogens with zero attached hydrogens (tertiary/aromatic N) is 13. The molecule has 0 saturated carbocycles. The molecular formula is C104H140Cl2N19NaO11. The van der Waals surface area contributed by atoms with Crippen molar-refractivity contribution in [3.8, 4) is 0 Å². The number of nitrogens with one attached hydrogen (secondary N) is 6. The van der Waals surface area contributed by atoms with Crippen molar-refractivity contribution in [3.05, 3.63) is 330 Å². The van der Waals surface area contributed by atoms with Gasteiger partial charge in [0.1, 0.15) is 33.0 Å². The maximum atomic E-state index is 13.4. The average molecular weight is 1930 g/mol.